The predicted molar refractivity (Wildman–Crippen MR) is 219 cm³/mol. The average Bonchev–Trinajstić information content (AvgIpc) is 3.51. The van der Waals surface area contributed by atoms with Crippen molar-refractivity contribution in [3.05, 3.63) is 93.3 Å². The Morgan fingerprint density at radius 2 is 1.67 bits per heavy atom. The molecule has 0 aromatic heterocycles. The van der Waals surface area contributed by atoms with Crippen LogP contribution in [-0.4, -0.2) is 84.3 Å². The number of nitrogens with zero attached hydrogens (tertiary/aromatic N) is 4. The SMILES string of the molecule is CC1(C)C(NC(=O)c2ccc(CCCCCCN3CCN(c4cc5c(cc4F)C(=O)N(C4CCC(=O)NC4=O)C5)CC3)cc2)C(C)(C)C1Oc1ccc(C#N)c(Cl)c1. The quantitative estimate of drug-likeness (QED) is 0.145. The summed E-state index contributed by atoms with van der Waals surface area (Å²) in [4.78, 5) is 56.3. The Balaban J connectivity index is 0.801. The number of imide groups is 1. The van der Waals surface area contributed by atoms with E-state index in [0.717, 1.165) is 51.7 Å². The maximum atomic E-state index is 15.3. The Labute approximate surface area is 344 Å². The smallest absolute Gasteiger partial charge is 0.255 e. The van der Waals surface area contributed by atoms with E-state index in [-0.39, 0.29) is 65.6 Å². The molecule has 58 heavy (non-hydrogen) atoms. The summed E-state index contributed by atoms with van der Waals surface area (Å²) in [6.45, 7) is 12.6. The lowest BCUT2D eigenvalue weighted by molar-refractivity contribution is -0.164. The lowest BCUT2D eigenvalue weighted by atomic mass is 9.49. The molecule has 2 N–H and O–H groups in total. The second kappa shape index (κ2) is 16.7. The summed E-state index contributed by atoms with van der Waals surface area (Å²) in [7, 11) is 0. The molecule has 13 heteroatoms. The summed E-state index contributed by atoms with van der Waals surface area (Å²) >= 11 is 6.24. The number of hydrogen-bond acceptors (Lipinski definition) is 8. The second-order valence-electron chi connectivity index (χ2n) is 17.4. The van der Waals surface area contributed by atoms with E-state index >= 15 is 4.39 Å². The van der Waals surface area contributed by atoms with Gasteiger partial charge in [-0.2, -0.15) is 5.26 Å². The third-order valence-corrected chi connectivity index (χ3v) is 13.0. The molecular formula is C45H52ClFN6O5. The lowest BCUT2D eigenvalue weighted by Crippen LogP contribution is -2.74. The Kier molecular flexibility index (Phi) is 11.9. The first-order valence-corrected chi connectivity index (χ1v) is 20.8. The van der Waals surface area contributed by atoms with Gasteiger partial charge in [0.05, 0.1) is 16.3 Å². The topological polar surface area (TPSA) is 135 Å². The number of fused-ring (bicyclic) bond motifs is 1. The van der Waals surface area contributed by atoms with Gasteiger partial charge in [-0.3, -0.25) is 29.4 Å². The average molecular weight is 811 g/mol. The fourth-order valence-electron chi connectivity index (χ4n) is 9.68. The standard InChI is InChI=1S/C45H52ClFN6O5/c1-44(2)42(45(3,4)43(44)58-32-15-14-30(26-48)34(46)24-32)50-39(55)29-12-10-28(11-13-29)9-7-5-6-8-18-51-19-21-52(22-20-51)37-23-31-27-53(41(57)33(31)25-35(37)47)36-16-17-38(54)49-40(36)56/h10-15,23-25,36,42-43H,5-9,16-22,27H2,1-4H3,(H,50,55)(H,49,54,56). The second-order valence-corrected chi connectivity index (χ2v) is 17.8. The third-order valence-electron chi connectivity index (χ3n) is 12.6. The van der Waals surface area contributed by atoms with Crippen LogP contribution in [0.3, 0.4) is 0 Å². The number of benzene rings is 3. The number of nitriles is 1. The summed E-state index contributed by atoms with van der Waals surface area (Å²) < 4.78 is 21.7. The van der Waals surface area contributed by atoms with Crippen molar-refractivity contribution in [1.82, 2.24) is 20.4 Å². The fourth-order valence-corrected chi connectivity index (χ4v) is 9.89. The van der Waals surface area contributed by atoms with Gasteiger partial charge < -0.3 is 19.9 Å². The van der Waals surface area contributed by atoms with E-state index in [0.29, 0.717) is 46.2 Å². The zero-order valence-corrected chi connectivity index (χ0v) is 34.5. The lowest BCUT2D eigenvalue weighted by Gasteiger charge is -2.63. The number of unbranched alkanes of at least 4 members (excludes halogenated alkanes) is 3. The van der Waals surface area contributed by atoms with Gasteiger partial charge in [0.2, 0.25) is 11.8 Å². The van der Waals surface area contributed by atoms with Gasteiger partial charge in [-0.1, -0.05) is 64.3 Å². The first kappa shape index (κ1) is 41.2. The van der Waals surface area contributed by atoms with Gasteiger partial charge in [-0.05, 0) is 79.8 Å². The summed E-state index contributed by atoms with van der Waals surface area (Å²) in [6.07, 6.45) is 5.61. The molecule has 1 aliphatic carbocycles. The largest absolute Gasteiger partial charge is 0.489 e. The molecule has 3 aromatic rings. The third kappa shape index (κ3) is 8.30. The molecule has 1 saturated carbocycles. The van der Waals surface area contributed by atoms with Crippen molar-refractivity contribution in [3.63, 3.8) is 0 Å². The van der Waals surface area contributed by atoms with Crippen molar-refractivity contribution in [1.29, 1.82) is 5.26 Å². The molecule has 0 spiro atoms. The number of carbonyl (C=O) groups excluding carboxylic acids is 4. The Bertz CT molecular complexity index is 2110. The zero-order valence-electron chi connectivity index (χ0n) is 33.7. The fraction of sp³-hybridized carbons (Fsp3) is 0.489. The molecule has 0 radical (unpaired) electrons. The van der Waals surface area contributed by atoms with E-state index in [1.165, 1.54) is 16.5 Å². The van der Waals surface area contributed by atoms with Crippen LogP contribution >= 0.6 is 11.6 Å². The van der Waals surface area contributed by atoms with Crippen LogP contribution in [0.15, 0.2) is 54.6 Å². The van der Waals surface area contributed by atoms with Crippen LogP contribution in [0.4, 0.5) is 10.1 Å². The highest BCUT2D eigenvalue weighted by Gasteiger charge is 2.64. The van der Waals surface area contributed by atoms with Crippen molar-refractivity contribution >= 4 is 40.9 Å². The highest BCUT2D eigenvalue weighted by atomic mass is 35.5. The van der Waals surface area contributed by atoms with Crippen molar-refractivity contribution in [3.8, 4) is 11.8 Å². The van der Waals surface area contributed by atoms with Crippen molar-refractivity contribution in [2.75, 3.05) is 37.6 Å². The molecule has 11 nitrogen and oxygen atoms in total. The molecule has 4 amide bonds. The number of nitrogens with one attached hydrogen (secondary N) is 2. The number of ether oxygens (including phenoxy) is 1. The van der Waals surface area contributed by atoms with Crippen LogP contribution in [0.5, 0.6) is 5.75 Å². The minimum absolute atomic E-state index is 0.106. The van der Waals surface area contributed by atoms with Gasteiger partial charge in [0, 0.05) is 73.2 Å². The Hall–Kier alpha value is -4.99. The van der Waals surface area contributed by atoms with E-state index in [2.05, 4.69) is 49.3 Å². The number of hydrogen-bond donors (Lipinski definition) is 2. The maximum absolute atomic E-state index is 15.3. The monoisotopic (exact) mass is 810 g/mol. The van der Waals surface area contributed by atoms with Gasteiger partial charge in [0.1, 0.15) is 29.8 Å². The predicted octanol–water partition coefficient (Wildman–Crippen LogP) is 6.65. The number of amides is 4. The highest BCUT2D eigenvalue weighted by Crippen LogP contribution is 2.55. The Morgan fingerprint density at radius 1 is 0.966 bits per heavy atom. The van der Waals surface area contributed by atoms with Gasteiger partial charge in [-0.25, -0.2) is 4.39 Å². The minimum Gasteiger partial charge on any atom is -0.489 e. The van der Waals surface area contributed by atoms with Gasteiger partial charge in [0.15, 0.2) is 0 Å². The van der Waals surface area contributed by atoms with Crippen molar-refractivity contribution < 1.29 is 28.3 Å². The normalized spacial score (nSPS) is 22.5. The van der Waals surface area contributed by atoms with Crippen LogP contribution in [0.2, 0.25) is 5.02 Å². The summed E-state index contributed by atoms with van der Waals surface area (Å²) in [5.41, 5.74) is 3.04. The van der Waals surface area contributed by atoms with Crippen LogP contribution in [0, 0.1) is 28.0 Å². The van der Waals surface area contributed by atoms with Gasteiger partial charge >= 0.3 is 0 Å². The maximum Gasteiger partial charge on any atom is 0.255 e. The van der Waals surface area contributed by atoms with Crippen molar-refractivity contribution in [2.24, 2.45) is 10.8 Å². The summed E-state index contributed by atoms with van der Waals surface area (Å²) in [5, 5.41) is 15.1. The molecular weight excluding hydrogens is 759 g/mol. The van der Waals surface area contributed by atoms with Crippen LogP contribution in [0.1, 0.15) is 104 Å². The number of aryl methyl sites for hydroxylation is 1. The molecule has 0 bridgehead atoms. The molecule has 2 saturated heterocycles. The molecule has 3 aromatic carbocycles. The molecule has 4 aliphatic rings. The number of rotatable bonds is 13. The van der Waals surface area contributed by atoms with E-state index < -0.39 is 17.8 Å². The van der Waals surface area contributed by atoms with E-state index in [1.54, 1.807) is 24.3 Å². The number of piperidine rings is 1. The minimum atomic E-state index is -0.723. The molecule has 1 unspecified atom stereocenters. The van der Waals surface area contributed by atoms with Gasteiger partial charge in [-0.15, -0.1) is 0 Å². The molecule has 306 valence electrons. The molecule has 3 fully saturated rings. The van der Waals surface area contributed by atoms with E-state index in [9.17, 15) is 24.4 Å². The number of halogens is 2. The van der Waals surface area contributed by atoms with Crippen LogP contribution in [0.25, 0.3) is 0 Å². The number of anilines is 1. The number of piperazine rings is 1. The molecule has 7 rings (SSSR count). The number of carbonyl (C=O) groups is 4. The highest BCUT2D eigenvalue weighted by molar-refractivity contribution is 6.31. The first-order valence-electron chi connectivity index (χ1n) is 20.4. The zero-order chi connectivity index (χ0) is 41.4. The molecule has 1 atom stereocenters. The van der Waals surface area contributed by atoms with Crippen molar-refractivity contribution in [2.45, 2.75) is 97.4 Å². The molecule has 3 aliphatic heterocycles. The Morgan fingerprint density at radius 3 is 2.34 bits per heavy atom. The van der Waals surface area contributed by atoms with E-state index in [4.69, 9.17) is 16.3 Å². The molecule has 3 heterocycles. The van der Waals surface area contributed by atoms with Gasteiger partial charge in [0.25, 0.3) is 11.8 Å². The summed E-state index contributed by atoms with van der Waals surface area (Å²) in [5.74, 6) is -1.12. The van der Waals surface area contributed by atoms with Crippen LogP contribution < -0.4 is 20.3 Å². The first-order chi connectivity index (χ1) is 27.7. The van der Waals surface area contributed by atoms with E-state index in [1.807, 2.05) is 29.2 Å². The van der Waals surface area contributed by atoms with Crippen LogP contribution in [-0.2, 0) is 22.6 Å². The summed E-state index contributed by atoms with van der Waals surface area (Å²) in [6, 6.07) is 17.3.